The number of carbonyl (C=O) groups excluding carboxylic acids is 1. The predicted molar refractivity (Wildman–Crippen MR) is 123 cm³/mol. The van der Waals surface area contributed by atoms with E-state index in [0.717, 1.165) is 12.8 Å². The minimum atomic E-state index is -3.88. The summed E-state index contributed by atoms with van der Waals surface area (Å²) >= 11 is 0. The molecular weight excluding hydrogens is 428 g/mol. The van der Waals surface area contributed by atoms with Gasteiger partial charge in [0.15, 0.2) is 0 Å². The summed E-state index contributed by atoms with van der Waals surface area (Å²) in [6.45, 7) is 5.30. The molecule has 1 amide bonds. The second-order valence-electron chi connectivity index (χ2n) is 9.05. The van der Waals surface area contributed by atoms with Crippen molar-refractivity contribution in [3.63, 3.8) is 0 Å². The molecule has 0 aromatic heterocycles. The van der Waals surface area contributed by atoms with Crippen LogP contribution in [0.5, 0.6) is 5.75 Å². The molecule has 3 atom stereocenters. The Balaban J connectivity index is 2.04. The fraction of sp³-hybridized carbons (Fsp3) is 0.625. The lowest BCUT2D eigenvalue weighted by atomic mass is 10.0. The molecule has 0 unspecified atom stereocenters. The van der Waals surface area contributed by atoms with Crippen molar-refractivity contribution in [2.75, 3.05) is 26.7 Å². The van der Waals surface area contributed by atoms with E-state index < -0.39 is 22.2 Å². The van der Waals surface area contributed by atoms with Crippen LogP contribution in [0.4, 0.5) is 0 Å². The molecule has 1 saturated carbocycles. The monoisotopic (exact) mass is 462 g/mol. The number of hydrogen-bond acceptors (Lipinski definition) is 5. The zero-order valence-electron chi connectivity index (χ0n) is 19.4. The first-order valence-electron chi connectivity index (χ1n) is 11.3. The Morgan fingerprint density at radius 1 is 1.34 bits per heavy atom. The number of benzene rings is 1. The first-order chi connectivity index (χ1) is 15.1. The Bertz CT molecular complexity index is 991. The average molecular weight is 463 g/mol. The number of amides is 1. The molecule has 0 radical (unpaired) electrons. The van der Waals surface area contributed by atoms with Crippen LogP contribution >= 0.6 is 0 Å². The molecule has 2 aliphatic rings. The van der Waals surface area contributed by atoms with Gasteiger partial charge in [-0.1, -0.05) is 31.6 Å². The number of aliphatic hydroxyl groups is 1. The van der Waals surface area contributed by atoms with Gasteiger partial charge >= 0.3 is 0 Å². The molecule has 176 valence electrons. The third-order valence-corrected chi connectivity index (χ3v) is 8.45. The predicted octanol–water partition coefficient (Wildman–Crippen LogP) is 2.48. The topological polar surface area (TPSA) is 87.2 Å². The number of sulfonamides is 1. The van der Waals surface area contributed by atoms with Crippen molar-refractivity contribution in [1.82, 2.24) is 9.21 Å². The van der Waals surface area contributed by atoms with Gasteiger partial charge in [-0.15, -0.1) is 0 Å². The van der Waals surface area contributed by atoms with E-state index in [2.05, 4.69) is 11.8 Å². The molecule has 7 nitrogen and oxygen atoms in total. The minimum Gasteiger partial charge on any atom is -0.487 e. The van der Waals surface area contributed by atoms with Gasteiger partial charge in [-0.3, -0.25) is 4.79 Å². The highest BCUT2D eigenvalue weighted by molar-refractivity contribution is 7.89. The molecule has 0 saturated heterocycles. The van der Waals surface area contributed by atoms with E-state index in [1.54, 1.807) is 37.1 Å². The van der Waals surface area contributed by atoms with Crippen LogP contribution in [0.1, 0.15) is 52.0 Å². The molecule has 0 spiro atoms. The van der Waals surface area contributed by atoms with Gasteiger partial charge in [0, 0.05) is 44.0 Å². The van der Waals surface area contributed by atoms with Crippen molar-refractivity contribution >= 4 is 15.9 Å². The lowest BCUT2D eigenvalue weighted by Gasteiger charge is -2.37. The SMILES string of the molecule is CC(=O)N(C)C[C@H]1Oc2cc(C#CC3CCCC3)ccc2S(=O)(=O)N([C@@H](C)CO)C[C@@H]1C. The maximum absolute atomic E-state index is 13.5. The van der Waals surface area contributed by atoms with Gasteiger partial charge in [0.25, 0.3) is 0 Å². The van der Waals surface area contributed by atoms with Gasteiger partial charge < -0.3 is 14.7 Å². The van der Waals surface area contributed by atoms with E-state index in [0.29, 0.717) is 18.0 Å². The Kier molecular flexibility index (Phi) is 7.86. The Morgan fingerprint density at radius 2 is 2.03 bits per heavy atom. The summed E-state index contributed by atoms with van der Waals surface area (Å²) < 4.78 is 34.5. The summed E-state index contributed by atoms with van der Waals surface area (Å²) in [5.41, 5.74) is 0.708. The second-order valence-corrected chi connectivity index (χ2v) is 10.9. The Hall–Kier alpha value is -2.08. The number of hydrogen-bond donors (Lipinski definition) is 1. The van der Waals surface area contributed by atoms with E-state index in [-0.39, 0.29) is 35.6 Å². The minimum absolute atomic E-state index is 0.0617. The number of rotatable bonds is 4. The molecule has 1 aromatic rings. The lowest BCUT2D eigenvalue weighted by molar-refractivity contribution is -0.129. The van der Waals surface area contributed by atoms with Gasteiger partial charge in [-0.25, -0.2) is 8.42 Å². The number of fused-ring (bicyclic) bond motifs is 1. The van der Waals surface area contributed by atoms with Crippen molar-refractivity contribution in [2.24, 2.45) is 11.8 Å². The molecule has 0 bridgehead atoms. The van der Waals surface area contributed by atoms with Crippen LogP contribution in [-0.2, 0) is 14.8 Å². The molecule has 1 aliphatic carbocycles. The van der Waals surface area contributed by atoms with Crippen molar-refractivity contribution < 1.29 is 23.1 Å². The summed E-state index contributed by atoms with van der Waals surface area (Å²) in [6.07, 6.45) is 4.20. The van der Waals surface area contributed by atoms with Gasteiger partial charge in [-0.2, -0.15) is 4.31 Å². The highest BCUT2D eigenvalue weighted by atomic mass is 32.2. The summed E-state index contributed by atoms with van der Waals surface area (Å²) in [4.78, 5) is 13.5. The quantitative estimate of drug-likeness (QED) is 0.695. The highest BCUT2D eigenvalue weighted by Crippen LogP contribution is 2.34. The standard InChI is InChI=1S/C24H34N2O5S/c1-17-14-26(18(2)16-27)32(29,30)24-12-11-21(10-9-20-7-5-6-8-20)13-22(24)31-23(17)15-25(4)19(3)28/h11-13,17-18,20,23,27H,5-8,14-16H2,1-4H3/t17-,18-,23+/m0/s1. The number of aliphatic hydroxyl groups excluding tert-OH is 1. The smallest absolute Gasteiger partial charge is 0.247 e. The first-order valence-corrected chi connectivity index (χ1v) is 12.7. The Labute approximate surface area is 191 Å². The van der Waals surface area contributed by atoms with Crippen molar-refractivity contribution in [1.29, 1.82) is 0 Å². The summed E-state index contributed by atoms with van der Waals surface area (Å²) in [7, 11) is -2.18. The van der Waals surface area contributed by atoms with Gasteiger partial charge in [-0.05, 0) is 38.0 Å². The van der Waals surface area contributed by atoms with Crippen molar-refractivity contribution in [3.8, 4) is 17.6 Å². The van der Waals surface area contributed by atoms with Crippen LogP contribution in [0.3, 0.4) is 0 Å². The molecule has 1 N–H and O–H groups in total. The van der Waals surface area contributed by atoms with Gasteiger partial charge in [0.05, 0.1) is 13.2 Å². The third-order valence-electron chi connectivity index (χ3n) is 6.43. The summed E-state index contributed by atoms with van der Waals surface area (Å²) in [6, 6.07) is 4.37. The third kappa shape index (κ3) is 5.45. The fourth-order valence-electron chi connectivity index (χ4n) is 4.18. The number of nitrogens with zero attached hydrogens (tertiary/aromatic N) is 2. The van der Waals surface area contributed by atoms with Crippen LogP contribution < -0.4 is 4.74 Å². The molecule has 3 rings (SSSR count). The maximum atomic E-state index is 13.5. The summed E-state index contributed by atoms with van der Waals surface area (Å²) in [5.74, 6) is 6.83. The molecular formula is C24H34N2O5S. The molecule has 1 heterocycles. The summed E-state index contributed by atoms with van der Waals surface area (Å²) in [5, 5.41) is 9.71. The normalized spacial score (nSPS) is 24.3. The zero-order chi connectivity index (χ0) is 23.5. The first kappa shape index (κ1) is 24.6. The van der Waals surface area contributed by atoms with E-state index in [1.807, 2.05) is 6.92 Å². The number of carbonyl (C=O) groups is 1. The van der Waals surface area contributed by atoms with Crippen molar-refractivity contribution in [2.45, 2.75) is 63.5 Å². The van der Waals surface area contributed by atoms with Crippen LogP contribution in [0, 0.1) is 23.7 Å². The molecule has 32 heavy (non-hydrogen) atoms. The molecule has 8 heteroatoms. The molecule has 1 aliphatic heterocycles. The van der Waals surface area contributed by atoms with E-state index in [4.69, 9.17) is 4.74 Å². The van der Waals surface area contributed by atoms with Crippen molar-refractivity contribution in [3.05, 3.63) is 23.8 Å². The molecule has 1 aromatic carbocycles. The fourth-order valence-corrected chi connectivity index (χ4v) is 6.00. The Morgan fingerprint density at radius 3 is 2.66 bits per heavy atom. The van der Waals surface area contributed by atoms with Gasteiger partial charge in [0.2, 0.25) is 15.9 Å². The second kappa shape index (κ2) is 10.2. The maximum Gasteiger partial charge on any atom is 0.247 e. The van der Waals surface area contributed by atoms with E-state index in [9.17, 15) is 18.3 Å². The van der Waals surface area contributed by atoms with Crippen LogP contribution in [0.2, 0.25) is 0 Å². The lowest BCUT2D eigenvalue weighted by Crippen LogP contribution is -2.50. The van der Waals surface area contributed by atoms with Crippen LogP contribution in [0.15, 0.2) is 23.1 Å². The van der Waals surface area contributed by atoms with Crippen LogP contribution in [0.25, 0.3) is 0 Å². The average Bonchev–Trinajstić information content (AvgIpc) is 3.27. The largest absolute Gasteiger partial charge is 0.487 e. The zero-order valence-corrected chi connectivity index (χ0v) is 20.2. The van der Waals surface area contributed by atoms with Crippen LogP contribution in [-0.4, -0.2) is 67.5 Å². The number of ether oxygens (including phenoxy) is 1. The number of likely N-dealkylation sites (N-methyl/N-ethyl adjacent to an activating group) is 1. The van der Waals surface area contributed by atoms with E-state index >= 15 is 0 Å². The highest BCUT2D eigenvalue weighted by Gasteiger charge is 2.38. The van der Waals surface area contributed by atoms with E-state index in [1.165, 1.54) is 24.1 Å². The van der Waals surface area contributed by atoms with Gasteiger partial charge in [0.1, 0.15) is 16.7 Å². The molecule has 1 fully saturated rings.